The lowest BCUT2D eigenvalue weighted by Gasteiger charge is -2.16. The van der Waals surface area contributed by atoms with Crippen LogP contribution < -0.4 is 0 Å². The molecule has 0 aliphatic carbocycles. The Bertz CT molecular complexity index is 782. The van der Waals surface area contributed by atoms with Gasteiger partial charge in [0.2, 0.25) is 0 Å². The summed E-state index contributed by atoms with van der Waals surface area (Å²) in [7, 11) is 1.79. The molecule has 5 nitrogen and oxygen atoms in total. The van der Waals surface area contributed by atoms with Gasteiger partial charge in [0.05, 0.1) is 6.26 Å². The van der Waals surface area contributed by atoms with Crippen LogP contribution in [-0.2, 0) is 6.42 Å². The Morgan fingerprint density at radius 2 is 2.17 bits per heavy atom. The molecule has 118 valence electrons. The maximum atomic E-state index is 12.6. The van der Waals surface area contributed by atoms with Gasteiger partial charge in [-0.25, -0.2) is 4.98 Å². The van der Waals surface area contributed by atoms with Crippen LogP contribution in [-0.4, -0.2) is 34.4 Å². The van der Waals surface area contributed by atoms with Crippen molar-refractivity contribution in [3.63, 3.8) is 0 Å². The first-order chi connectivity index (χ1) is 11.1. The number of aromatic nitrogens is 2. The first-order valence-corrected chi connectivity index (χ1v) is 8.13. The fraction of sp³-hybridized carbons (Fsp3) is 0.235. The molecule has 0 saturated carbocycles. The minimum Gasteiger partial charge on any atom is -0.462 e. The van der Waals surface area contributed by atoms with Crippen molar-refractivity contribution in [2.24, 2.45) is 0 Å². The summed E-state index contributed by atoms with van der Waals surface area (Å²) >= 11 is 1.47. The number of pyridine rings is 1. The number of nitrogens with zero attached hydrogens (tertiary/aromatic N) is 3. The van der Waals surface area contributed by atoms with Crippen LogP contribution in [0.3, 0.4) is 0 Å². The molecule has 6 heteroatoms. The average molecular weight is 327 g/mol. The van der Waals surface area contributed by atoms with Gasteiger partial charge in [0, 0.05) is 36.8 Å². The number of amides is 1. The number of hydrogen-bond acceptors (Lipinski definition) is 5. The van der Waals surface area contributed by atoms with E-state index in [0.717, 1.165) is 22.0 Å². The van der Waals surface area contributed by atoms with Gasteiger partial charge in [0.25, 0.3) is 5.91 Å². The maximum Gasteiger partial charge on any atom is 0.273 e. The molecule has 0 aliphatic heterocycles. The number of furan rings is 1. The maximum absolute atomic E-state index is 12.6. The van der Waals surface area contributed by atoms with Gasteiger partial charge >= 0.3 is 0 Å². The van der Waals surface area contributed by atoms with E-state index in [0.29, 0.717) is 18.0 Å². The van der Waals surface area contributed by atoms with Crippen LogP contribution in [0.15, 0.2) is 47.2 Å². The van der Waals surface area contributed by atoms with Gasteiger partial charge in [-0.05, 0) is 31.2 Å². The molecule has 23 heavy (non-hydrogen) atoms. The van der Waals surface area contributed by atoms with Gasteiger partial charge < -0.3 is 9.32 Å². The molecular weight excluding hydrogens is 310 g/mol. The van der Waals surface area contributed by atoms with Gasteiger partial charge in [-0.2, -0.15) is 0 Å². The molecule has 0 aliphatic rings. The highest BCUT2D eigenvalue weighted by Crippen LogP contribution is 2.28. The molecule has 0 N–H and O–H groups in total. The summed E-state index contributed by atoms with van der Waals surface area (Å²) in [6.45, 7) is 2.51. The molecule has 0 saturated heterocycles. The first kappa shape index (κ1) is 15.4. The molecule has 3 rings (SSSR count). The van der Waals surface area contributed by atoms with Crippen molar-refractivity contribution >= 4 is 17.2 Å². The zero-order chi connectivity index (χ0) is 16.2. The summed E-state index contributed by atoms with van der Waals surface area (Å²) < 4.78 is 5.35. The molecule has 0 fully saturated rings. The zero-order valence-electron chi connectivity index (χ0n) is 13.0. The molecule has 0 unspecified atom stereocenters. The largest absolute Gasteiger partial charge is 0.462 e. The van der Waals surface area contributed by atoms with Crippen molar-refractivity contribution in [3.05, 3.63) is 59.1 Å². The number of hydrogen-bond donors (Lipinski definition) is 0. The molecule has 0 aromatic carbocycles. The van der Waals surface area contributed by atoms with Gasteiger partial charge in [-0.3, -0.25) is 9.78 Å². The number of carbonyl (C=O) groups excluding carboxylic acids is 1. The van der Waals surface area contributed by atoms with Crippen molar-refractivity contribution in [2.75, 3.05) is 13.6 Å². The van der Waals surface area contributed by atoms with Crippen LogP contribution in [0.25, 0.3) is 10.8 Å². The average Bonchev–Trinajstić information content (AvgIpc) is 3.22. The molecule has 3 aromatic rings. The smallest absolute Gasteiger partial charge is 0.273 e. The van der Waals surface area contributed by atoms with Crippen LogP contribution >= 0.6 is 11.3 Å². The summed E-state index contributed by atoms with van der Waals surface area (Å²) in [6, 6.07) is 9.45. The normalized spacial score (nSPS) is 10.7. The quantitative estimate of drug-likeness (QED) is 0.720. The lowest BCUT2D eigenvalue weighted by Crippen LogP contribution is -2.29. The van der Waals surface area contributed by atoms with Crippen LogP contribution in [0, 0.1) is 6.92 Å². The summed E-state index contributed by atoms with van der Waals surface area (Å²) in [6.07, 6.45) is 4.08. The van der Waals surface area contributed by atoms with Gasteiger partial charge in [-0.1, -0.05) is 6.07 Å². The van der Waals surface area contributed by atoms with E-state index in [4.69, 9.17) is 4.42 Å². The molecule has 3 heterocycles. The predicted octanol–water partition coefficient (Wildman–Crippen LogP) is 3.42. The second kappa shape index (κ2) is 6.75. The van der Waals surface area contributed by atoms with E-state index in [1.807, 2.05) is 37.3 Å². The number of rotatable bonds is 5. The third-order valence-corrected chi connectivity index (χ3v) is 4.49. The standard InChI is InChI=1S/C17H17N3O2S/c1-12-15(19-16(23-12)14-7-5-11-22-14)17(21)20(2)10-8-13-6-3-4-9-18-13/h3-7,9,11H,8,10H2,1-2H3. The van der Waals surface area contributed by atoms with Crippen molar-refractivity contribution in [3.8, 4) is 10.8 Å². The van der Waals surface area contributed by atoms with E-state index in [1.165, 1.54) is 11.3 Å². The van der Waals surface area contributed by atoms with E-state index >= 15 is 0 Å². The van der Waals surface area contributed by atoms with Crippen molar-refractivity contribution in [1.29, 1.82) is 0 Å². The summed E-state index contributed by atoms with van der Waals surface area (Å²) in [5.41, 5.74) is 1.46. The second-order valence-corrected chi connectivity index (χ2v) is 6.40. The highest BCUT2D eigenvalue weighted by atomic mass is 32.1. The molecule has 3 aromatic heterocycles. The minimum atomic E-state index is -0.0764. The Labute approximate surface area is 138 Å². The number of aryl methyl sites for hydroxylation is 1. The van der Waals surface area contributed by atoms with E-state index in [-0.39, 0.29) is 5.91 Å². The predicted molar refractivity (Wildman–Crippen MR) is 89.5 cm³/mol. The molecule has 0 bridgehead atoms. The third kappa shape index (κ3) is 3.48. The van der Waals surface area contributed by atoms with Crippen LogP contribution in [0.1, 0.15) is 21.1 Å². The second-order valence-electron chi connectivity index (χ2n) is 5.20. The summed E-state index contributed by atoms with van der Waals surface area (Å²) in [5.74, 6) is 0.612. The van der Waals surface area contributed by atoms with Gasteiger partial charge in [0.1, 0.15) is 5.69 Å². The van der Waals surface area contributed by atoms with Crippen molar-refractivity contribution in [1.82, 2.24) is 14.9 Å². The van der Waals surface area contributed by atoms with Gasteiger partial charge in [-0.15, -0.1) is 11.3 Å². The van der Waals surface area contributed by atoms with E-state index in [9.17, 15) is 4.79 Å². The summed E-state index contributed by atoms with van der Waals surface area (Å²) in [4.78, 5) is 23.9. The molecular formula is C17H17N3O2S. The van der Waals surface area contributed by atoms with Crippen molar-refractivity contribution in [2.45, 2.75) is 13.3 Å². The third-order valence-electron chi connectivity index (χ3n) is 3.51. The Kier molecular flexibility index (Phi) is 4.52. The molecule has 0 atom stereocenters. The Balaban J connectivity index is 1.70. The van der Waals surface area contributed by atoms with Gasteiger partial charge in [0.15, 0.2) is 10.8 Å². The SMILES string of the molecule is Cc1sc(-c2ccco2)nc1C(=O)N(C)CCc1ccccn1. The Hall–Kier alpha value is -2.47. The van der Waals surface area contributed by atoms with Crippen LogP contribution in [0.4, 0.5) is 0 Å². The Morgan fingerprint density at radius 3 is 2.87 bits per heavy atom. The highest BCUT2D eigenvalue weighted by molar-refractivity contribution is 7.15. The topological polar surface area (TPSA) is 59.2 Å². The minimum absolute atomic E-state index is 0.0764. The van der Waals surface area contributed by atoms with Crippen LogP contribution in [0.5, 0.6) is 0 Å². The zero-order valence-corrected chi connectivity index (χ0v) is 13.8. The lowest BCUT2D eigenvalue weighted by molar-refractivity contribution is 0.0791. The fourth-order valence-electron chi connectivity index (χ4n) is 2.21. The number of carbonyl (C=O) groups is 1. The van der Waals surface area contributed by atoms with E-state index < -0.39 is 0 Å². The van der Waals surface area contributed by atoms with Crippen LogP contribution in [0.2, 0.25) is 0 Å². The molecule has 0 radical (unpaired) electrons. The number of thiazole rings is 1. The number of likely N-dealkylation sites (N-methyl/N-ethyl adjacent to an activating group) is 1. The Morgan fingerprint density at radius 1 is 1.30 bits per heavy atom. The molecule has 0 spiro atoms. The summed E-state index contributed by atoms with van der Waals surface area (Å²) in [5, 5.41) is 0.731. The van der Waals surface area contributed by atoms with E-state index in [2.05, 4.69) is 9.97 Å². The fourth-order valence-corrected chi connectivity index (χ4v) is 3.08. The molecule has 1 amide bonds. The lowest BCUT2D eigenvalue weighted by atomic mass is 10.2. The van der Waals surface area contributed by atoms with E-state index in [1.54, 1.807) is 24.4 Å². The van der Waals surface area contributed by atoms with Crippen molar-refractivity contribution < 1.29 is 9.21 Å². The highest BCUT2D eigenvalue weighted by Gasteiger charge is 2.20. The monoisotopic (exact) mass is 327 g/mol. The first-order valence-electron chi connectivity index (χ1n) is 7.32.